The third kappa shape index (κ3) is 4.21. The van der Waals surface area contributed by atoms with E-state index in [1.165, 1.54) is 11.3 Å². The number of hydrogen-bond acceptors (Lipinski definition) is 5. The Kier molecular flexibility index (Phi) is 5.94. The maximum atomic E-state index is 12.8. The highest BCUT2D eigenvalue weighted by molar-refractivity contribution is 7.89. The van der Waals surface area contributed by atoms with Gasteiger partial charge in [-0.25, -0.2) is 13.4 Å². The molecule has 7 heteroatoms. The lowest BCUT2D eigenvalue weighted by molar-refractivity contribution is -0.122. The summed E-state index contributed by atoms with van der Waals surface area (Å²) < 4.78 is 27.1. The number of aromatic nitrogens is 1. The fourth-order valence-electron chi connectivity index (χ4n) is 4.12. The van der Waals surface area contributed by atoms with E-state index in [0.717, 1.165) is 61.2 Å². The maximum absolute atomic E-state index is 12.8. The van der Waals surface area contributed by atoms with E-state index in [2.05, 4.69) is 4.98 Å². The zero-order chi connectivity index (χ0) is 19.6. The monoisotopic (exact) mass is 418 g/mol. The second kappa shape index (κ2) is 8.43. The first-order valence-electron chi connectivity index (χ1n) is 10.1. The van der Waals surface area contributed by atoms with E-state index >= 15 is 0 Å². The van der Waals surface area contributed by atoms with Crippen molar-refractivity contribution in [2.75, 3.05) is 13.1 Å². The van der Waals surface area contributed by atoms with Crippen LogP contribution in [0.2, 0.25) is 0 Å². The first kappa shape index (κ1) is 19.7. The smallest absolute Gasteiger partial charge is 0.243 e. The number of rotatable bonds is 6. The van der Waals surface area contributed by atoms with Crippen LogP contribution in [0.1, 0.15) is 50.0 Å². The number of hydrogen-bond donors (Lipinski definition) is 0. The molecule has 2 heterocycles. The minimum Gasteiger partial charge on any atom is -0.299 e. The number of piperidine rings is 1. The molecule has 1 saturated heterocycles. The molecule has 2 aliphatic rings. The van der Waals surface area contributed by atoms with Crippen LogP contribution in [-0.4, -0.2) is 36.6 Å². The van der Waals surface area contributed by atoms with Crippen molar-refractivity contribution in [2.24, 2.45) is 5.92 Å². The summed E-state index contributed by atoms with van der Waals surface area (Å²) in [6, 6.07) is 6.97. The number of carbonyl (C=O) groups is 1. The number of Topliss-reactive ketones (excluding diaryl/α,β-unsaturated/α-hetero) is 1. The normalized spacial score (nSPS) is 19.1. The molecule has 0 N–H and O–H groups in total. The van der Waals surface area contributed by atoms with Gasteiger partial charge in [0.15, 0.2) is 0 Å². The SMILES string of the molecule is O=C(Cc1nc(-c2ccc(S(=O)(=O)N3CCCCC3)cc2)cs1)C1CCCC1. The molecular weight excluding hydrogens is 392 g/mol. The molecule has 1 aliphatic heterocycles. The van der Waals surface area contributed by atoms with Gasteiger partial charge in [-0.3, -0.25) is 4.79 Å². The van der Waals surface area contributed by atoms with E-state index < -0.39 is 10.0 Å². The molecule has 4 rings (SSSR count). The molecule has 0 atom stereocenters. The highest BCUT2D eigenvalue weighted by Crippen LogP contribution is 2.29. The first-order chi connectivity index (χ1) is 13.5. The fourth-order valence-corrected chi connectivity index (χ4v) is 6.45. The molecule has 1 saturated carbocycles. The summed E-state index contributed by atoms with van der Waals surface area (Å²) in [4.78, 5) is 17.3. The molecule has 0 bridgehead atoms. The number of nitrogens with zero attached hydrogens (tertiary/aromatic N) is 2. The van der Waals surface area contributed by atoms with Gasteiger partial charge < -0.3 is 0 Å². The van der Waals surface area contributed by atoms with Crippen LogP contribution in [0.4, 0.5) is 0 Å². The van der Waals surface area contributed by atoms with Crippen molar-refractivity contribution in [1.29, 1.82) is 0 Å². The third-order valence-corrected chi connectivity index (χ3v) is 8.55. The second-order valence-electron chi connectivity index (χ2n) is 7.74. The Labute approximate surface area is 170 Å². The standard InChI is InChI=1S/C21H26N2O3S2/c24-20(17-6-2-3-7-17)14-21-22-19(15-27-21)16-8-10-18(11-9-16)28(25,26)23-12-4-1-5-13-23/h8-11,15,17H,1-7,12-14H2. The Balaban J connectivity index is 1.45. The molecule has 2 aromatic rings. The van der Waals surface area contributed by atoms with Crippen molar-refractivity contribution in [3.05, 3.63) is 34.7 Å². The van der Waals surface area contributed by atoms with Gasteiger partial charge in [0.2, 0.25) is 10.0 Å². The second-order valence-corrected chi connectivity index (χ2v) is 10.6. The quantitative estimate of drug-likeness (QED) is 0.702. The van der Waals surface area contributed by atoms with Crippen LogP contribution in [0.25, 0.3) is 11.3 Å². The summed E-state index contributed by atoms with van der Waals surface area (Å²) >= 11 is 1.51. The zero-order valence-corrected chi connectivity index (χ0v) is 17.6. The number of sulfonamides is 1. The molecule has 0 spiro atoms. The van der Waals surface area contributed by atoms with Crippen LogP contribution in [0, 0.1) is 5.92 Å². The van der Waals surface area contributed by atoms with Crippen LogP contribution in [0.5, 0.6) is 0 Å². The Morgan fingerprint density at radius 1 is 1.04 bits per heavy atom. The van der Waals surface area contributed by atoms with Gasteiger partial charge in [-0.15, -0.1) is 11.3 Å². The van der Waals surface area contributed by atoms with E-state index in [4.69, 9.17) is 0 Å². The Morgan fingerprint density at radius 3 is 2.39 bits per heavy atom. The van der Waals surface area contributed by atoms with Crippen LogP contribution in [0.15, 0.2) is 34.5 Å². The predicted molar refractivity (Wildman–Crippen MR) is 111 cm³/mol. The molecule has 1 aromatic heterocycles. The average Bonchev–Trinajstić information content (AvgIpc) is 3.41. The van der Waals surface area contributed by atoms with Crippen molar-refractivity contribution in [3.8, 4) is 11.3 Å². The molecule has 1 aromatic carbocycles. The number of thiazole rings is 1. The highest BCUT2D eigenvalue weighted by Gasteiger charge is 2.26. The van der Waals surface area contributed by atoms with E-state index in [9.17, 15) is 13.2 Å². The molecule has 5 nitrogen and oxygen atoms in total. The number of benzene rings is 1. The molecule has 0 amide bonds. The van der Waals surface area contributed by atoms with Gasteiger partial charge in [0.1, 0.15) is 10.8 Å². The Hall–Kier alpha value is -1.57. The Morgan fingerprint density at radius 2 is 1.71 bits per heavy atom. The van der Waals surface area contributed by atoms with E-state index in [1.54, 1.807) is 16.4 Å². The largest absolute Gasteiger partial charge is 0.299 e. The van der Waals surface area contributed by atoms with Gasteiger partial charge in [0, 0.05) is 30.0 Å². The topological polar surface area (TPSA) is 67.3 Å². The minimum absolute atomic E-state index is 0.214. The molecule has 0 unspecified atom stereocenters. The van der Waals surface area contributed by atoms with Crippen molar-refractivity contribution < 1.29 is 13.2 Å². The summed E-state index contributed by atoms with van der Waals surface area (Å²) in [6.07, 6.45) is 7.72. The molecule has 0 radical (unpaired) electrons. The zero-order valence-electron chi connectivity index (χ0n) is 16.0. The van der Waals surface area contributed by atoms with Gasteiger partial charge in [-0.2, -0.15) is 4.31 Å². The lowest BCUT2D eigenvalue weighted by Gasteiger charge is -2.25. The molecule has 1 aliphatic carbocycles. The van der Waals surface area contributed by atoms with Gasteiger partial charge in [-0.1, -0.05) is 31.4 Å². The predicted octanol–water partition coefficient (Wildman–Crippen LogP) is 4.29. The van der Waals surface area contributed by atoms with Crippen LogP contribution in [0.3, 0.4) is 0 Å². The lowest BCUT2D eigenvalue weighted by Crippen LogP contribution is -2.35. The number of ketones is 1. The van der Waals surface area contributed by atoms with Crippen LogP contribution >= 0.6 is 11.3 Å². The molecular formula is C21H26N2O3S2. The summed E-state index contributed by atoms with van der Waals surface area (Å²) in [5.41, 5.74) is 1.69. The molecule has 150 valence electrons. The first-order valence-corrected chi connectivity index (χ1v) is 12.4. The summed E-state index contributed by atoms with van der Waals surface area (Å²) in [6.45, 7) is 1.21. The van der Waals surface area contributed by atoms with Gasteiger partial charge >= 0.3 is 0 Å². The highest BCUT2D eigenvalue weighted by atomic mass is 32.2. The third-order valence-electron chi connectivity index (χ3n) is 5.79. The van der Waals surface area contributed by atoms with Gasteiger partial charge in [0.05, 0.1) is 17.0 Å². The maximum Gasteiger partial charge on any atom is 0.243 e. The van der Waals surface area contributed by atoms with Crippen LogP contribution < -0.4 is 0 Å². The summed E-state index contributed by atoms with van der Waals surface area (Å²) in [7, 11) is -3.41. The van der Waals surface area contributed by atoms with E-state index in [1.807, 2.05) is 17.5 Å². The Bertz CT molecular complexity index is 923. The minimum atomic E-state index is -3.41. The number of carbonyl (C=O) groups excluding carboxylic acids is 1. The van der Waals surface area contributed by atoms with Gasteiger partial charge in [-0.05, 0) is 37.8 Å². The molecule has 28 heavy (non-hydrogen) atoms. The molecule has 2 fully saturated rings. The van der Waals surface area contributed by atoms with Crippen molar-refractivity contribution in [2.45, 2.75) is 56.3 Å². The van der Waals surface area contributed by atoms with Crippen molar-refractivity contribution in [1.82, 2.24) is 9.29 Å². The van der Waals surface area contributed by atoms with E-state index in [0.29, 0.717) is 30.2 Å². The van der Waals surface area contributed by atoms with Crippen LogP contribution in [-0.2, 0) is 21.2 Å². The summed E-state index contributed by atoms with van der Waals surface area (Å²) in [5.74, 6) is 0.521. The lowest BCUT2D eigenvalue weighted by atomic mass is 10.0. The summed E-state index contributed by atoms with van der Waals surface area (Å²) in [5, 5.41) is 2.79. The van der Waals surface area contributed by atoms with E-state index in [-0.39, 0.29) is 5.92 Å². The van der Waals surface area contributed by atoms with Crippen molar-refractivity contribution >= 4 is 27.1 Å². The van der Waals surface area contributed by atoms with Gasteiger partial charge in [0.25, 0.3) is 0 Å². The van der Waals surface area contributed by atoms with Crippen molar-refractivity contribution in [3.63, 3.8) is 0 Å². The fraction of sp³-hybridized carbons (Fsp3) is 0.524. The average molecular weight is 419 g/mol.